The van der Waals surface area contributed by atoms with E-state index in [4.69, 9.17) is 16.0 Å². The first-order chi connectivity index (χ1) is 11.6. The summed E-state index contributed by atoms with van der Waals surface area (Å²) in [5.41, 5.74) is 0. The Kier molecular flexibility index (Phi) is 7.33. The minimum atomic E-state index is -1.68. The van der Waals surface area contributed by atoms with Crippen LogP contribution < -0.4 is 5.32 Å². The van der Waals surface area contributed by atoms with Gasteiger partial charge in [-0.1, -0.05) is 20.8 Å². The summed E-state index contributed by atoms with van der Waals surface area (Å²) in [6.07, 6.45) is 9.02. The number of aromatic nitrogens is 2. The second kappa shape index (κ2) is 8.68. The van der Waals surface area contributed by atoms with Crippen LogP contribution in [-0.2, 0) is 4.43 Å². The summed E-state index contributed by atoms with van der Waals surface area (Å²) >= 11 is 9.41. The van der Waals surface area contributed by atoms with Gasteiger partial charge in [-0.3, -0.25) is 0 Å². The average Bonchev–Trinajstić information content (AvgIpc) is 2.46. The van der Waals surface area contributed by atoms with Crippen LogP contribution in [0.3, 0.4) is 0 Å². The molecule has 0 radical (unpaired) electrons. The summed E-state index contributed by atoms with van der Waals surface area (Å²) in [6.45, 7) is 11.6. The lowest BCUT2D eigenvalue weighted by atomic mass is 9.95. The molecule has 7 heteroatoms. The summed E-state index contributed by atoms with van der Waals surface area (Å²) in [5.74, 6) is 0.791. The van der Waals surface area contributed by atoms with Gasteiger partial charge in [-0.25, -0.2) is 4.98 Å². The van der Waals surface area contributed by atoms with E-state index in [-0.39, 0.29) is 10.3 Å². The highest BCUT2D eigenvalue weighted by Gasteiger charge is 2.39. The topological polar surface area (TPSA) is 47.0 Å². The Morgan fingerprint density at radius 3 is 2.36 bits per heavy atom. The van der Waals surface area contributed by atoms with Gasteiger partial charge in [0.1, 0.15) is 5.82 Å². The maximum atomic E-state index is 6.64. The van der Waals surface area contributed by atoms with Crippen molar-refractivity contribution in [1.82, 2.24) is 9.97 Å². The molecule has 1 aromatic rings. The lowest BCUT2D eigenvalue weighted by Gasteiger charge is -2.40. The molecule has 1 saturated carbocycles. The molecule has 0 amide bonds. The van der Waals surface area contributed by atoms with Crippen LogP contribution in [0.25, 0.3) is 0 Å². The van der Waals surface area contributed by atoms with Crippen molar-refractivity contribution in [2.45, 2.75) is 89.6 Å². The monoisotopic (exact) mass is 447 g/mol. The van der Waals surface area contributed by atoms with Gasteiger partial charge in [0.15, 0.2) is 8.32 Å². The molecule has 0 bridgehead atoms. The van der Waals surface area contributed by atoms with E-state index in [9.17, 15) is 0 Å². The van der Waals surface area contributed by atoms with Gasteiger partial charge in [-0.15, -0.1) is 0 Å². The molecule has 1 aromatic heterocycles. The Labute approximate surface area is 166 Å². The zero-order valence-electron chi connectivity index (χ0n) is 16.0. The first-order valence-electron chi connectivity index (χ1n) is 9.21. The van der Waals surface area contributed by atoms with Crippen LogP contribution >= 0.6 is 27.5 Å². The van der Waals surface area contributed by atoms with Gasteiger partial charge in [0.2, 0.25) is 5.28 Å². The molecule has 25 heavy (non-hydrogen) atoms. The Hall–Kier alpha value is -0.173. The molecule has 0 spiro atoms. The zero-order valence-corrected chi connectivity index (χ0v) is 19.4. The van der Waals surface area contributed by atoms with E-state index in [2.05, 4.69) is 65.1 Å². The van der Waals surface area contributed by atoms with Gasteiger partial charge in [0.25, 0.3) is 0 Å². The fraction of sp³-hybridized carbons (Fsp3) is 0.778. The van der Waals surface area contributed by atoms with E-state index >= 15 is 0 Å². The molecule has 1 N–H and O–H groups in total. The van der Waals surface area contributed by atoms with Crippen molar-refractivity contribution in [2.24, 2.45) is 0 Å². The molecule has 1 aliphatic rings. The summed E-state index contributed by atoms with van der Waals surface area (Å²) < 4.78 is 7.50. The number of nitrogens with one attached hydrogen (secondary N) is 1. The summed E-state index contributed by atoms with van der Waals surface area (Å²) in [7, 11) is -1.68. The predicted molar refractivity (Wildman–Crippen MR) is 112 cm³/mol. The molecule has 4 nitrogen and oxygen atoms in total. The predicted octanol–water partition coefficient (Wildman–Crippen LogP) is 6.42. The van der Waals surface area contributed by atoms with Crippen LogP contribution in [0.5, 0.6) is 0 Å². The molecule has 0 saturated heterocycles. The number of halogens is 2. The van der Waals surface area contributed by atoms with Crippen LogP contribution in [0.15, 0.2) is 10.7 Å². The highest BCUT2D eigenvalue weighted by Crippen LogP contribution is 2.39. The number of anilines is 1. The molecular weight excluding hydrogens is 418 g/mol. The summed E-state index contributed by atoms with van der Waals surface area (Å²) in [5, 5.41) is 4.08. The minimum Gasteiger partial charge on any atom is -0.414 e. The SMILES string of the molecule is CC(C)(C)[Si](C)(C)O[C@H]1CCC[C@H](Nc2nc(Cl)ncc2Br)CCC1. The van der Waals surface area contributed by atoms with Crippen LogP contribution in [0.1, 0.15) is 59.3 Å². The van der Waals surface area contributed by atoms with Crippen LogP contribution in [0.4, 0.5) is 5.82 Å². The zero-order chi connectivity index (χ0) is 18.7. The van der Waals surface area contributed by atoms with Crippen molar-refractivity contribution < 1.29 is 4.43 Å². The highest BCUT2D eigenvalue weighted by atomic mass is 79.9. The molecule has 142 valence electrons. The summed E-state index contributed by atoms with van der Waals surface area (Å²) in [4.78, 5) is 8.27. The normalized spacial score (nSPS) is 23.0. The molecule has 2 rings (SSSR count). The Morgan fingerprint density at radius 2 is 1.80 bits per heavy atom. The smallest absolute Gasteiger partial charge is 0.224 e. The first kappa shape index (κ1) is 21.1. The second-order valence-electron chi connectivity index (χ2n) is 8.54. The van der Waals surface area contributed by atoms with E-state index in [1.54, 1.807) is 6.20 Å². The third-order valence-corrected chi connectivity index (χ3v) is 10.8. The lowest BCUT2D eigenvalue weighted by Crippen LogP contribution is -2.44. The van der Waals surface area contributed by atoms with Crippen LogP contribution in [-0.4, -0.2) is 30.4 Å². The maximum absolute atomic E-state index is 6.64. The van der Waals surface area contributed by atoms with E-state index in [1.165, 1.54) is 12.8 Å². The Morgan fingerprint density at radius 1 is 1.20 bits per heavy atom. The van der Waals surface area contributed by atoms with Crippen molar-refractivity contribution >= 4 is 41.7 Å². The first-order valence-corrected chi connectivity index (χ1v) is 13.3. The van der Waals surface area contributed by atoms with Crippen LogP contribution in [0.2, 0.25) is 23.4 Å². The third kappa shape index (κ3) is 6.19. The molecule has 0 unspecified atom stereocenters. The second-order valence-corrected chi connectivity index (χ2v) is 14.5. The fourth-order valence-corrected chi connectivity index (χ4v) is 4.83. The van der Waals surface area contributed by atoms with Crippen molar-refractivity contribution in [1.29, 1.82) is 0 Å². The van der Waals surface area contributed by atoms with Crippen molar-refractivity contribution in [3.8, 4) is 0 Å². The van der Waals surface area contributed by atoms with E-state index in [1.807, 2.05) is 0 Å². The number of rotatable bonds is 4. The van der Waals surface area contributed by atoms with E-state index in [0.29, 0.717) is 12.1 Å². The van der Waals surface area contributed by atoms with Gasteiger partial charge >= 0.3 is 0 Å². The van der Waals surface area contributed by atoms with Crippen molar-refractivity contribution in [2.75, 3.05) is 5.32 Å². The number of hydrogen-bond acceptors (Lipinski definition) is 4. The van der Waals surface area contributed by atoms with Gasteiger partial charge < -0.3 is 9.74 Å². The molecule has 1 aliphatic carbocycles. The molecule has 0 aromatic carbocycles. The quantitative estimate of drug-likeness (QED) is 0.426. The van der Waals surface area contributed by atoms with Gasteiger partial charge in [0, 0.05) is 18.3 Å². The lowest BCUT2D eigenvalue weighted by molar-refractivity contribution is 0.147. The van der Waals surface area contributed by atoms with E-state index in [0.717, 1.165) is 36.0 Å². The fourth-order valence-electron chi connectivity index (χ4n) is 2.97. The van der Waals surface area contributed by atoms with Crippen molar-refractivity contribution in [3.63, 3.8) is 0 Å². The van der Waals surface area contributed by atoms with E-state index < -0.39 is 8.32 Å². The van der Waals surface area contributed by atoms with Gasteiger partial charge in [-0.2, -0.15) is 4.98 Å². The largest absolute Gasteiger partial charge is 0.414 e. The maximum Gasteiger partial charge on any atom is 0.224 e. The average molecular weight is 449 g/mol. The Balaban J connectivity index is 1.89. The highest BCUT2D eigenvalue weighted by molar-refractivity contribution is 9.10. The molecule has 1 heterocycles. The number of nitrogens with zero attached hydrogens (tertiary/aromatic N) is 2. The third-order valence-electron chi connectivity index (χ3n) is 5.48. The molecular formula is C18H31BrClN3OSi. The standard InChI is InChI=1S/C18H31BrClN3OSi/c1-18(2,3)25(4,5)24-14-10-6-8-13(9-7-11-14)22-16-15(19)12-21-17(20)23-16/h12-14H,6-11H2,1-5H3,(H,21,22,23)/t13-,14-. The van der Waals surface area contributed by atoms with Crippen LogP contribution in [0, 0.1) is 0 Å². The molecule has 0 atom stereocenters. The van der Waals surface area contributed by atoms with Gasteiger partial charge in [0.05, 0.1) is 4.47 Å². The number of hydrogen-bond donors (Lipinski definition) is 1. The molecule has 1 fully saturated rings. The minimum absolute atomic E-state index is 0.276. The Bertz CT molecular complexity index is 570. The summed E-state index contributed by atoms with van der Waals surface area (Å²) in [6, 6.07) is 0.427. The van der Waals surface area contributed by atoms with Crippen molar-refractivity contribution in [3.05, 3.63) is 16.0 Å². The van der Waals surface area contributed by atoms with Gasteiger partial charge in [-0.05, 0) is 84.2 Å². The molecule has 0 aliphatic heterocycles.